The van der Waals surface area contributed by atoms with Gasteiger partial charge in [0.1, 0.15) is 5.82 Å². The van der Waals surface area contributed by atoms with E-state index in [-0.39, 0.29) is 0 Å². The third kappa shape index (κ3) is 4.48. The van der Waals surface area contributed by atoms with Crippen molar-refractivity contribution >= 4 is 11.8 Å². The number of nitrogens with zero attached hydrogens (tertiary/aromatic N) is 4. The fourth-order valence-corrected chi connectivity index (χ4v) is 3.03. The molecule has 1 N–H and O–H groups in total. The van der Waals surface area contributed by atoms with E-state index in [0.717, 1.165) is 62.2 Å². The lowest BCUT2D eigenvalue weighted by Gasteiger charge is -2.35. The van der Waals surface area contributed by atoms with E-state index in [1.165, 1.54) is 0 Å². The van der Waals surface area contributed by atoms with Crippen molar-refractivity contribution in [2.45, 2.75) is 33.2 Å². The van der Waals surface area contributed by atoms with Gasteiger partial charge < -0.3 is 15.1 Å². The lowest BCUT2D eigenvalue weighted by Crippen LogP contribution is -2.46. The van der Waals surface area contributed by atoms with Crippen molar-refractivity contribution in [1.29, 1.82) is 0 Å². The molecule has 1 aromatic carbocycles. The van der Waals surface area contributed by atoms with Crippen LogP contribution in [0.5, 0.6) is 0 Å². The highest BCUT2D eigenvalue weighted by Gasteiger charge is 2.19. The first-order valence-corrected chi connectivity index (χ1v) is 9.38. The van der Waals surface area contributed by atoms with Gasteiger partial charge in [0.25, 0.3) is 0 Å². The van der Waals surface area contributed by atoms with Crippen LogP contribution in [0.1, 0.15) is 27.2 Å². The summed E-state index contributed by atoms with van der Waals surface area (Å²) in [6.45, 7) is 11.9. The second-order valence-electron chi connectivity index (χ2n) is 6.68. The van der Waals surface area contributed by atoms with E-state index in [1.807, 2.05) is 6.07 Å². The molecule has 1 aliphatic heterocycles. The Balaban J connectivity index is 1.90. The monoisotopic (exact) mass is 339 g/mol. The summed E-state index contributed by atoms with van der Waals surface area (Å²) in [6, 6.07) is 12.8. The molecule has 0 spiro atoms. The van der Waals surface area contributed by atoms with Crippen LogP contribution in [-0.2, 0) is 0 Å². The smallest absolute Gasteiger partial charge is 0.225 e. The number of likely N-dealkylation sites (N-methyl/N-ethyl adjacent to an activating group) is 1. The van der Waals surface area contributed by atoms with Crippen LogP contribution in [0.3, 0.4) is 0 Å². The maximum Gasteiger partial charge on any atom is 0.225 e. The van der Waals surface area contributed by atoms with E-state index < -0.39 is 0 Å². The van der Waals surface area contributed by atoms with Gasteiger partial charge in [-0.15, -0.1) is 0 Å². The molecule has 25 heavy (non-hydrogen) atoms. The Morgan fingerprint density at radius 2 is 1.76 bits per heavy atom. The number of hydrogen-bond donors (Lipinski definition) is 1. The highest BCUT2D eigenvalue weighted by molar-refractivity contribution is 5.65. The molecule has 0 amide bonds. The van der Waals surface area contributed by atoms with E-state index in [4.69, 9.17) is 9.97 Å². The normalized spacial score (nSPS) is 16.7. The summed E-state index contributed by atoms with van der Waals surface area (Å²) in [6.07, 6.45) is 1.05. The van der Waals surface area contributed by atoms with Crippen LogP contribution in [0.25, 0.3) is 11.3 Å². The van der Waals surface area contributed by atoms with Gasteiger partial charge in [0.05, 0.1) is 5.69 Å². The van der Waals surface area contributed by atoms with E-state index in [2.05, 4.69) is 66.2 Å². The minimum Gasteiger partial charge on any atom is -0.354 e. The van der Waals surface area contributed by atoms with Gasteiger partial charge in [0.15, 0.2) is 0 Å². The summed E-state index contributed by atoms with van der Waals surface area (Å²) < 4.78 is 0. The molecule has 0 bridgehead atoms. The summed E-state index contributed by atoms with van der Waals surface area (Å²) in [7, 11) is 0. The molecular weight excluding hydrogens is 310 g/mol. The molecule has 1 unspecified atom stereocenters. The number of hydrogen-bond acceptors (Lipinski definition) is 5. The number of aromatic nitrogens is 2. The van der Waals surface area contributed by atoms with Gasteiger partial charge in [0.2, 0.25) is 5.95 Å². The quantitative estimate of drug-likeness (QED) is 0.873. The van der Waals surface area contributed by atoms with Crippen molar-refractivity contribution in [3.05, 3.63) is 36.4 Å². The fourth-order valence-electron chi connectivity index (χ4n) is 3.03. The van der Waals surface area contributed by atoms with Gasteiger partial charge >= 0.3 is 0 Å². The Kier molecular flexibility index (Phi) is 5.87. The molecule has 1 aromatic heterocycles. The molecule has 5 nitrogen and oxygen atoms in total. The molecule has 5 heteroatoms. The van der Waals surface area contributed by atoms with Crippen molar-refractivity contribution < 1.29 is 0 Å². The van der Waals surface area contributed by atoms with Gasteiger partial charge in [-0.1, -0.05) is 44.2 Å². The van der Waals surface area contributed by atoms with Crippen LogP contribution in [0, 0.1) is 0 Å². The molecule has 1 saturated heterocycles. The average Bonchev–Trinajstić information content (AvgIpc) is 2.68. The van der Waals surface area contributed by atoms with Crippen molar-refractivity contribution in [2.24, 2.45) is 0 Å². The fraction of sp³-hybridized carbons (Fsp3) is 0.500. The SMILES string of the molecule is CCC(C)Nc1nc(-c2ccccc2)cc(N2CCN(CC)CC2)n1. The number of piperazine rings is 1. The van der Waals surface area contributed by atoms with Crippen LogP contribution in [0.15, 0.2) is 36.4 Å². The number of benzene rings is 1. The molecule has 2 heterocycles. The summed E-state index contributed by atoms with van der Waals surface area (Å²) in [5.74, 6) is 1.75. The average molecular weight is 339 g/mol. The molecule has 0 aliphatic carbocycles. The van der Waals surface area contributed by atoms with E-state index >= 15 is 0 Å². The highest BCUT2D eigenvalue weighted by Crippen LogP contribution is 2.24. The predicted octanol–water partition coefficient (Wildman–Crippen LogP) is 3.50. The predicted molar refractivity (Wildman–Crippen MR) is 105 cm³/mol. The zero-order valence-corrected chi connectivity index (χ0v) is 15.6. The molecule has 1 atom stereocenters. The topological polar surface area (TPSA) is 44.3 Å². The van der Waals surface area contributed by atoms with Gasteiger partial charge in [0, 0.05) is 43.9 Å². The maximum absolute atomic E-state index is 4.81. The zero-order chi connectivity index (χ0) is 17.6. The minimum absolute atomic E-state index is 0.357. The number of anilines is 2. The van der Waals surface area contributed by atoms with Crippen molar-refractivity contribution in [1.82, 2.24) is 14.9 Å². The minimum atomic E-state index is 0.357. The van der Waals surface area contributed by atoms with E-state index in [0.29, 0.717) is 6.04 Å². The maximum atomic E-state index is 4.81. The molecule has 0 radical (unpaired) electrons. The Hall–Kier alpha value is -2.14. The first kappa shape index (κ1) is 17.7. The van der Waals surface area contributed by atoms with Crippen molar-refractivity contribution in [2.75, 3.05) is 42.9 Å². The second kappa shape index (κ2) is 8.30. The molecular formula is C20H29N5. The van der Waals surface area contributed by atoms with E-state index in [1.54, 1.807) is 0 Å². The lowest BCUT2D eigenvalue weighted by molar-refractivity contribution is 0.270. The number of nitrogens with one attached hydrogen (secondary N) is 1. The van der Waals surface area contributed by atoms with E-state index in [9.17, 15) is 0 Å². The summed E-state index contributed by atoms with van der Waals surface area (Å²) >= 11 is 0. The van der Waals surface area contributed by atoms with Crippen LogP contribution in [0.4, 0.5) is 11.8 Å². The van der Waals surface area contributed by atoms with Crippen LogP contribution >= 0.6 is 0 Å². The molecule has 1 fully saturated rings. The van der Waals surface area contributed by atoms with Crippen molar-refractivity contribution in [3.8, 4) is 11.3 Å². The summed E-state index contributed by atoms with van der Waals surface area (Å²) in [5.41, 5.74) is 2.11. The van der Waals surface area contributed by atoms with Crippen molar-refractivity contribution in [3.63, 3.8) is 0 Å². The first-order valence-electron chi connectivity index (χ1n) is 9.38. The third-order valence-corrected chi connectivity index (χ3v) is 4.91. The zero-order valence-electron chi connectivity index (χ0n) is 15.6. The Bertz CT molecular complexity index is 665. The Morgan fingerprint density at radius 3 is 2.40 bits per heavy atom. The Morgan fingerprint density at radius 1 is 1.04 bits per heavy atom. The standard InChI is InChI=1S/C20H29N5/c1-4-16(3)21-20-22-18(17-9-7-6-8-10-17)15-19(23-20)25-13-11-24(5-2)12-14-25/h6-10,15-16H,4-5,11-14H2,1-3H3,(H,21,22,23). The molecule has 1 aliphatic rings. The largest absolute Gasteiger partial charge is 0.354 e. The molecule has 3 rings (SSSR count). The third-order valence-electron chi connectivity index (χ3n) is 4.91. The van der Waals surface area contributed by atoms with Crippen LogP contribution in [-0.4, -0.2) is 53.6 Å². The Labute approximate surface area is 151 Å². The van der Waals surface area contributed by atoms with Crippen LogP contribution in [0.2, 0.25) is 0 Å². The van der Waals surface area contributed by atoms with Gasteiger partial charge in [-0.2, -0.15) is 4.98 Å². The van der Waals surface area contributed by atoms with Crippen LogP contribution < -0.4 is 10.2 Å². The lowest BCUT2D eigenvalue weighted by atomic mass is 10.1. The first-order chi connectivity index (χ1) is 12.2. The molecule has 0 saturated carbocycles. The van der Waals surface area contributed by atoms with Gasteiger partial charge in [-0.05, 0) is 19.9 Å². The van der Waals surface area contributed by atoms with Gasteiger partial charge in [-0.3, -0.25) is 0 Å². The molecule has 2 aromatic rings. The highest BCUT2D eigenvalue weighted by atomic mass is 15.3. The summed E-state index contributed by atoms with van der Waals surface area (Å²) in [4.78, 5) is 14.4. The summed E-state index contributed by atoms with van der Waals surface area (Å²) in [5, 5.41) is 3.44. The second-order valence-corrected chi connectivity index (χ2v) is 6.68. The van der Waals surface area contributed by atoms with Gasteiger partial charge in [-0.25, -0.2) is 4.98 Å². The molecule has 134 valence electrons. The number of rotatable bonds is 6.